The molecule has 0 aliphatic heterocycles. The maximum atomic E-state index is 5.65. The maximum Gasteiger partial charge on any atom is 0.0466 e. The zero-order valence-electron chi connectivity index (χ0n) is 14.6. The van der Waals surface area contributed by atoms with Crippen LogP contribution in [-0.4, -0.2) is 13.2 Å². The summed E-state index contributed by atoms with van der Waals surface area (Å²) in [6.45, 7) is 11.8. The molecule has 0 aromatic heterocycles. The van der Waals surface area contributed by atoms with Crippen LogP contribution in [0.2, 0.25) is 0 Å². The lowest BCUT2D eigenvalue weighted by Gasteiger charge is -2.04. The fourth-order valence-electron chi connectivity index (χ4n) is 2.07. The van der Waals surface area contributed by atoms with Crippen molar-refractivity contribution in [2.75, 3.05) is 13.2 Å². The highest BCUT2D eigenvalue weighted by Crippen LogP contribution is 2.06. The molecule has 0 aliphatic rings. The normalized spacial score (nSPS) is 9.95. The van der Waals surface area contributed by atoms with Crippen LogP contribution in [0.25, 0.3) is 0 Å². The Balaban J connectivity index is 0. The lowest BCUT2D eigenvalue weighted by Crippen LogP contribution is -1.97. The lowest BCUT2D eigenvalue weighted by atomic mass is 10.1. The fraction of sp³-hybridized carbons (Fsp3) is 0.895. The first-order chi connectivity index (χ1) is 9.83. The smallest absolute Gasteiger partial charge is 0.0466 e. The molecule has 0 atom stereocenters. The van der Waals surface area contributed by atoms with E-state index in [2.05, 4.69) is 20.4 Å². The van der Waals surface area contributed by atoms with Crippen LogP contribution in [0.3, 0.4) is 0 Å². The van der Waals surface area contributed by atoms with Crippen LogP contribution in [0.15, 0.2) is 12.7 Å². The molecule has 0 saturated heterocycles. The molecule has 0 amide bonds. The predicted molar refractivity (Wildman–Crippen MR) is 93.4 cm³/mol. The number of unbranched alkanes of at least 4 members (excludes halogenated alkanes) is 10. The average Bonchev–Trinajstić information content (AvgIpc) is 2.45. The first kappa shape index (κ1) is 22.0. The van der Waals surface area contributed by atoms with Crippen molar-refractivity contribution in [3.63, 3.8) is 0 Å². The molecule has 0 aliphatic carbocycles. The Hall–Kier alpha value is -0.300. The van der Waals surface area contributed by atoms with Crippen molar-refractivity contribution in [2.24, 2.45) is 0 Å². The fourth-order valence-corrected chi connectivity index (χ4v) is 2.07. The quantitative estimate of drug-likeness (QED) is 0.248. The summed E-state index contributed by atoms with van der Waals surface area (Å²) in [6.07, 6.45) is 18.1. The zero-order valence-corrected chi connectivity index (χ0v) is 14.6. The third-order valence-corrected chi connectivity index (χ3v) is 3.28. The Kier molecular flexibility index (Phi) is 26.1. The van der Waals surface area contributed by atoms with Crippen molar-refractivity contribution in [3.8, 4) is 0 Å². The molecule has 1 nitrogen and oxygen atoms in total. The monoisotopic (exact) mass is 284 g/mol. The highest BCUT2D eigenvalue weighted by Gasteiger charge is 1.92. The molecule has 0 N–H and O–H groups in total. The largest absolute Gasteiger partial charge is 0.381 e. The van der Waals surface area contributed by atoms with Gasteiger partial charge in [0.05, 0.1) is 0 Å². The van der Waals surface area contributed by atoms with Crippen LogP contribution in [0.5, 0.6) is 0 Å². The topological polar surface area (TPSA) is 9.23 Å². The molecule has 0 fully saturated rings. The van der Waals surface area contributed by atoms with Crippen LogP contribution in [0.4, 0.5) is 0 Å². The Labute approximate surface area is 129 Å². The molecule has 0 heterocycles. The van der Waals surface area contributed by atoms with Crippen LogP contribution >= 0.6 is 0 Å². The minimum absolute atomic E-state index is 0.987. The number of allylic oxidation sites excluding steroid dienone is 1. The molecule has 0 aromatic carbocycles. The molecule has 20 heavy (non-hydrogen) atoms. The van der Waals surface area contributed by atoms with E-state index in [1.165, 1.54) is 77.0 Å². The third kappa shape index (κ3) is 26.3. The van der Waals surface area contributed by atoms with Crippen LogP contribution < -0.4 is 0 Å². The molecule has 0 unspecified atom stereocenters. The van der Waals surface area contributed by atoms with Gasteiger partial charge in [-0.05, 0) is 19.8 Å². The molecule has 0 aromatic rings. The van der Waals surface area contributed by atoms with E-state index >= 15 is 0 Å². The second-order valence-corrected chi connectivity index (χ2v) is 5.56. The Morgan fingerprint density at radius 2 is 0.950 bits per heavy atom. The van der Waals surface area contributed by atoms with Gasteiger partial charge in [0.25, 0.3) is 0 Å². The molecular formula is C19H40O. The minimum Gasteiger partial charge on any atom is -0.381 e. The first-order valence-electron chi connectivity index (χ1n) is 8.98. The Bertz CT molecular complexity index is 140. The summed E-state index contributed by atoms with van der Waals surface area (Å²) >= 11 is 0. The Morgan fingerprint density at radius 1 is 0.650 bits per heavy atom. The van der Waals surface area contributed by atoms with E-state index in [9.17, 15) is 0 Å². The Morgan fingerprint density at radius 3 is 1.30 bits per heavy atom. The number of hydrogen-bond donors (Lipinski definition) is 0. The standard InChI is InChI=1S/C16H34O.C3H6/c1-3-5-7-9-11-13-15-17-16-14-12-10-8-6-4-2;1-3-2/h3-16H2,1-2H3;3H,1H2,2H3. The van der Waals surface area contributed by atoms with Gasteiger partial charge in [0.2, 0.25) is 0 Å². The number of rotatable bonds is 14. The van der Waals surface area contributed by atoms with E-state index in [1.807, 2.05) is 6.92 Å². The predicted octanol–water partition coefficient (Wildman–Crippen LogP) is 6.92. The molecule has 0 bridgehead atoms. The molecule has 0 radical (unpaired) electrons. The first-order valence-corrected chi connectivity index (χ1v) is 8.98. The maximum absolute atomic E-state index is 5.65. The van der Waals surface area contributed by atoms with Crippen molar-refractivity contribution >= 4 is 0 Å². The summed E-state index contributed by atoms with van der Waals surface area (Å²) in [5.41, 5.74) is 0. The summed E-state index contributed by atoms with van der Waals surface area (Å²) < 4.78 is 5.65. The van der Waals surface area contributed by atoms with Gasteiger partial charge < -0.3 is 4.74 Å². The number of ether oxygens (including phenoxy) is 1. The average molecular weight is 285 g/mol. The molecule has 0 rings (SSSR count). The van der Waals surface area contributed by atoms with Gasteiger partial charge in [-0.15, -0.1) is 6.58 Å². The van der Waals surface area contributed by atoms with E-state index in [0.29, 0.717) is 0 Å². The third-order valence-electron chi connectivity index (χ3n) is 3.28. The SMILES string of the molecule is C=CC.CCCCCCCCOCCCCCCCC. The van der Waals surface area contributed by atoms with Gasteiger partial charge >= 0.3 is 0 Å². The van der Waals surface area contributed by atoms with Crippen molar-refractivity contribution in [1.29, 1.82) is 0 Å². The van der Waals surface area contributed by atoms with Crippen molar-refractivity contribution in [2.45, 2.75) is 97.8 Å². The summed E-state index contributed by atoms with van der Waals surface area (Å²) in [4.78, 5) is 0. The van der Waals surface area contributed by atoms with Crippen molar-refractivity contribution in [3.05, 3.63) is 12.7 Å². The molecule has 0 spiro atoms. The summed E-state index contributed by atoms with van der Waals surface area (Å²) in [5.74, 6) is 0. The molecule has 122 valence electrons. The summed E-state index contributed by atoms with van der Waals surface area (Å²) in [6, 6.07) is 0. The second kappa shape index (κ2) is 23.8. The number of hydrogen-bond acceptors (Lipinski definition) is 1. The minimum atomic E-state index is 0.987. The van der Waals surface area contributed by atoms with E-state index in [4.69, 9.17) is 4.74 Å². The van der Waals surface area contributed by atoms with Gasteiger partial charge in [-0.2, -0.15) is 0 Å². The van der Waals surface area contributed by atoms with Crippen LogP contribution in [0.1, 0.15) is 97.8 Å². The van der Waals surface area contributed by atoms with E-state index in [0.717, 1.165) is 13.2 Å². The van der Waals surface area contributed by atoms with Gasteiger partial charge in [-0.3, -0.25) is 0 Å². The summed E-state index contributed by atoms with van der Waals surface area (Å²) in [5, 5.41) is 0. The van der Waals surface area contributed by atoms with Gasteiger partial charge in [-0.1, -0.05) is 84.1 Å². The van der Waals surface area contributed by atoms with Crippen LogP contribution in [0, 0.1) is 0 Å². The molecule has 1 heteroatoms. The van der Waals surface area contributed by atoms with E-state index < -0.39 is 0 Å². The van der Waals surface area contributed by atoms with Crippen molar-refractivity contribution < 1.29 is 4.74 Å². The van der Waals surface area contributed by atoms with Crippen molar-refractivity contribution in [1.82, 2.24) is 0 Å². The molecule has 0 saturated carbocycles. The van der Waals surface area contributed by atoms with Gasteiger partial charge in [0, 0.05) is 13.2 Å². The lowest BCUT2D eigenvalue weighted by molar-refractivity contribution is 0.125. The van der Waals surface area contributed by atoms with Gasteiger partial charge in [-0.25, -0.2) is 0 Å². The van der Waals surface area contributed by atoms with Crippen LogP contribution in [-0.2, 0) is 4.74 Å². The second-order valence-electron chi connectivity index (χ2n) is 5.56. The molecular weight excluding hydrogens is 244 g/mol. The highest BCUT2D eigenvalue weighted by atomic mass is 16.5. The van der Waals surface area contributed by atoms with E-state index in [1.54, 1.807) is 6.08 Å². The van der Waals surface area contributed by atoms with E-state index in [-0.39, 0.29) is 0 Å². The summed E-state index contributed by atoms with van der Waals surface area (Å²) in [7, 11) is 0. The highest BCUT2D eigenvalue weighted by molar-refractivity contribution is 4.51. The zero-order chi connectivity index (χ0) is 15.3. The van der Waals surface area contributed by atoms with Gasteiger partial charge in [0.1, 0.15) is 0 Å². The van der Waals surface area contributed by atoms with Gasteiger partial charge in [0.15, 0.2) is 0 Å².